The van der Waals surface area contributed by atoms with E-state index in [4.69, 9.17) is 10.5 Å². The minimum atomic E-state index is -4.37. The minimum Gasteiger partial charge on any atom is -0.497 e. The van der Waals surface area contributed by atoms with Gasteiger partial charge in [-0.05, 0) is 35.4 Å². The summed E-state index contributed by atoms with van der Waals surface area (Å²) < 4.78 is 43.1. The fourth-order valence-electron chi connectivity index (χ4n) is 1.91. The van der Waals surface area contributed by atoms with Crippen LogP contribution in [0.4, 0.5) is 13.2 Å². The number of methoxy groups -OCH3 is 1. The summed E-state index contributed by atoms with van der Waals surface area (Å²) in [6.45, 7) is 0. The van der Waals surface area contributed by atoms with E-state index < -0.39 is 17.8 Å². The monoisotopic (exact) mass is 317 g/mol. The number of rotatable bonds is 3. The smallest absolute Gasteiger partial charge is 0.416 e. The average Bonchev–Trinajstić information content (AvgIpc) is 2.46. The Morgan fingerprint density at radius 2 is 1.62 bits per heavy atom. The molecule has 114 valence electrons. The second kappa shape index (κ2) is 6.83. The van der Waals surface area contributed by atoms with E-state index in [0.29, 0.717) is 11.3 Å². The fraction of sp³-hybridized carbons (Fsp3) is 0.200. The number of hydrogen-bond donors (Lipinski definition) is 1. The molecule has 2 aromatic rings. The van der Waals surface area contributed by atoms with Crippen molar-refractivity contribution in [2.24, 2.45) is 5.73 Å². The van der Waals surface area contributed by atoms with Gasteiger partial charge in [0.25, 0.3) is 0 Å². The molecule has 0 aliphatic rings. The van der Waals surface area contributed by atoms with Crippen LogP contribution in [0.1, 0.15) is 22.7 Å². The van der Waals surface area contributed by atoms with Crippen LogP contribution in [0, 0.1) is 0 Å². The lowest BCUT2D eigenvalue weighted by Gasteiger charge is -2.15. The molecule has 0 radical (unpaired) electrons. The molecule has 0 heterocycles. The third kappa shape index (κ3) is 4.12. The average molecular weight is 318 g/mol. The number of halogens is 4. The van der Waals surface area contributed by atoms with Gasteiger partial charge in [-0.15, -0.1) is 12.4 Å². The van der Waals surface area contributed by atoms with Crippen molar-refractivity contribution in [3.63, 3.8) is 0 Å². The van der Waals surface area contributed by atoms with Crippen molar-refractivity contribution in [2.45, 2.75) is 12.2 Å². The summed E-state index contributed by atoms with van der Waals surface area (Å²) in [5, 5.41) is 0. The summed E-state index contributed by atoms with van der Waals surface area (Å²) in [6.07, 6.45) is -4.37. The number of ether oxygens (including phenoxy) is 1. The van der Waals surface area contributed by atoms with Crippen molar-refractivity contribution in [1.29, 1.82) is 0 Å². The van der Waals surface area contributed by atoms with Crippen LogP contribution >= 0.6 is 12.4 Å². The lowest BCUT2D eigenvalue weighted by Crippen LogP contribution is -2.13. The Hall–Kier alpha value is -1.72. The molecule has 0 saturated carbocycles. The molecule has 6 heteroatoms. The Balaban J connectivity index is 0.00000220. The van der Waals surface area contributed by atoms with Crippen LogP contribution in [0.2, 0.25) is 0 Å². The Kier molecular flexibility index (Phi) is 5.63. The van der Waals surface area contributed by atoms with Crippen molar-refractivity contribution >= 4 is 12.4 Å². The van der Waals surface area contributed by atoms with E-state index in [9.17, 15) is 13.2 Å². The molecule has 0 fully saturated rings. The molecule has 0 amide bonds. The van der Waals surface area contributed by atoms with E-state index >= 15 is 0 Å². The summed E-state index contributed by atoms with van der Waals surface area (Å²) in [7, 11) is 1.54. The van der Waals surface area contributed by atoms with Crippen LogP contribution in [0.5, 0.6) is 5.75 Å². The van der Waals surface area contributed by atoms with E-state index in [-0.39, 0.29) is 12.4 Å². The summed E-state index contributed by atoms with van der Waals surface area (Å²) in [5.74, 6) is 0.671. The molecular weight excluding hydrogens is 303 g/mol. The maximum absolute atomic E-state index is 12.7. The molecule has 2 nitrogen and oxygen atoms in total. The molecule has 1 atom stereocenters. The van der Waals surface area contributed by atoms with E-state index in [2.05, 4.69) is 0 Å². The Bertz CT molecular complexity index is 584. The molecule has 0 aromatic heterocycles. The summed E-state index contributed by atoms with van der Waals surface area (Å²) in [5.41, 5.74) is 6.46. The number of alkyl halides is 3. The van der Waals surface area contributed by atoms with Gasteiger partial charge in [0.05, 0.1) is 18.7 Å². The Morgan fingerprint density at radius 3 is 2.14 bits per heavy atom. The third-order valence-corrected chi connectivity index (χ3v) is 3.05. The van der Waals surface area contributed by atoms with Crippen molar-refractivity contribution in [3.8, 4) is 5.75 Å². The van der Waals surface area contributed by atoms with Gasteiger partial charge in [0, 0.05) is 0 Å². The normalized spacial score (nSPS) is 12.4. The molecule has 2 N–H and O–H groups in total. The zero-order valence-corrected chi connectivity index (χ0v) is 12.0. The van der Waals surface area contributed by atoms with E-state index in [1.165, 1.54) is 6.07 Å². The standard InChI is InChI=1S/C15H14F3NO.ClH/c1-20-13-7-5-10(6-8-13)14(19)11-3-2-4-12(9-11)15(16,17)18;/h2-9,14H,19H2,1H3;1H. The van der Waals surface area contributed by atoms with Crippen molar-refractivity contribution in [2.75, 3.05) is 7.11 Å². The van der Waals surface area contributed by atoms with Crippen LogP contribution in [0.25, 0.3) is 0 Å². The first kappa shape index (κ1) is 17.3. The number of hydrogen-bond acceptors (Lipinski definition) is 2. The highest BCUT2D eigenvalue weighted by Gasteiger charge is 2.30. The van der Waals surface area contributed by atoms with Crippen LogP contribution in [-0.2, 0) is 6.18 Å². The van der Waals surface area contributed by atoms with E-state index in [1.54, 1.807) is 37.4 Å². The highest BCUT2D eigenvalue weighted by molar-refractivity contribution is 5.85. The lowest BCUT2D eigenvalue weighted by molar-refractivity contribution is -0.137. The molecule has 2 rings (SSSR count). The molecule has 0 bridgehead atoms. The second-order valence-corrected chi connectivity index (χ2v) is 4.37. The zero-order chi connectivity index (χ0) is 14.8. The van der Waals surface area contributed by atoms with Crippen LogP contribution < -0.4 is 10.5 Å². The summed E-state index contributed by atoms with van der Waals surface area (Å²) >= 11 is 0. The Labute approximate surface area is 127 Å². The predicted octanol–water partition coefficient (Wildman–Crippen LogP) is 4.18. The molecule has 2 aromatic carbocycles. The predicted molar refractivity (Wildman–Crippen MR) is 77.7 cm³/mol. The number of benzene rings is 2. The molecule has 0 aliphatic heterocycles. The van der Waals surface area contributed by atoms with E-state index in [1.807, 2.05) is 0 Å². The first-order chi connectivity index (χ1) is 9.41. The maximum Gasteiger partial charge on any atom is 0.416 e. The third-order valence-electron chi connectivity index (χ3n) is 3.05. The topological polar surface area (TPSA) is 35.2 Å². The molecule has 1 unspecified atom stereocenters. The SMILES string of the molecule is COc1ccc(C(N)c2cccc(C(F)(F)F)c2)cc1.Cl. The largest absolute Gasteiger partial charge is 0.497 e. The van der Waals surface area contributed by atoms with E-state index in [0.717, 1.165) is 17.7 Å². The first-order valence-electron chi connectivity index (χ1n) is 5.98. The quantitative estimate of drug-likeness (QED) is 0.921. The highest BCUT2D eigenvalue weighted by Crippen LogP contribution is 2.31. The van der Waals surface area contributed by atoms with Gasteiger partial charge in [0.1, 0.15) is 5.75 Å². The molecular formula is C15H15ClF3NO. The van der Waals surface area contributed by atoms with Gasteiger partial charge in [0.2, 0.25) is 0 Å². The minimum absolute atomic E-state index is 0. The van der Waals surface area contributed by atoms with Crippen LogP contribution in [0.3, 0.4) is 0 Å². The van der Waals surface area contributed by atoms with Crippen LogP contribution in [-0.4, -0.2) is 7.11 Å². The van der Waals surface area contributed by atoms with Gasteiger partial charge in [-0.3, -0.25) is 0 Å². The van der Waals surface area contributed by atoms with Crippen LogP contribution in [0.15, 0.2) is 48.5 Å². The molecule has 0 aliphatic carbocycles. The van der Waals surface area contributed by atoms with Gasteiger partial charge < -0.3 is 10.5 Å². The summed E-state index contributed by atoms with van der Waals surface area (Å²) in [6, 6.07) is 11.4. The van der Waals surface area contributed by atoms with Gasteiger partial charge in [-0.1, -0.05) is 24.3 Å². The maximum atomic E-state index is 12.7. The first-order valence-corrected chi connectivity index (χ1v) is 5.98. The van der Waals surface area contributed by atoms with Gasteiger partial charge in [0.15, 0.2) is 0 Å². The van der Waals surface area contributed by atoms with Crippen molar-refractivity contribution < 1.29 is 17.9 Å². The van der Waals surface area contributed by atoms with Gasteiger partial charge >= 0.3 is 6.18 Å². The Morgan fingerprint density at radius 1 is 1.00 bits per heavy atom. The van der Waals surface area contributed by atoms with Gasteiger partial charge in [-0.2, -0.15) is 13.2 Å². The second-order valence-electron chi connectivity index (χ2n) is 4.37. The zero-order valence-electron chi connectivity index (χ0n) is 11.2. The fourth-order valence-corrected chi connectivity index (χ4v) is 1.91. The molecule has 21 heavy (non-hydrogen) atoms. The highest BCUT2D eigenvalue weighted by atomic mass is 35.5. The van der Waals surface area contributed by atoms with Crippen molar-refractivity contribution in [3.05, 3.63) is 65.2 Å². The summed E-state index contributed by atoms with van der Waals surface area (Å²) in [4.78, 5) is 0. The lowest BCUT2D eigenvalue weighted by atomic mass is 9.98. The molecule has 0 spiro atoms. The molecule has 0 saturated heterocycles. The van der Waals surface area contributed by atoms with Gasteiger partial charge in [-0.25, -0.2) is 0 Å². The van der Waals surface area contributed by atoms with Crippen molar-refractivity contribution in [1.82, 2.24) is 0 Å². The number of nitrogens with two attached hydrogens (primary N) is 1.